The molecule has 1 aliphatic carbocycles. The van der Waals surface area contributed by atoms with Crippen LogP contribution in [0.1, 0.15) is 104 Å². The highest BCUT2D eigenvalue weighted by molar-refractivity contribution is 5.49. The van der Waals surface area contributed by atoms with Crippen molar-refractivity contribution < 1.29 is 14.6 Å². The van der Waals surface area contributed by atoms with Gasteiger partial charge >= 0.3 is 0 Å². The molecule has 32 heavy (non-hydrogen) atoms. The van der Waals surface area contributed by atoms with Crippen LogP contribution in [0.25, 0.3) is 0 Å². The monoisotopic (exact) mass is 442 g/mol. The first kappa shape index (κ1) is 26.5. The van der Waals surface area contributed by atoms with Crippen LogP contribution in [0, 0.1) is 5.92 Å². The minimum atomic E-state index is -0.437. The van der Waals surface area contributed by atoms with E-state index in [0.717, 1.165) is 62.0 Å². The predicted octanol–water partition coefficient (Wildman–Crippen LogP) is 8.16. The van der Waals surface area contributed by atoms with Crippen LogP contribution in [0.5, 0.6) is 11.5 Å². The molecule has 1 saturated carbocycles. The van der Waals surface area contributed by atoms with E-state index in [4.69, 9.17) is 9.47 Å². The number of ether oxygens (including phenoxy) is 2. The second-order valence-corrected chi connectivity index (χ2v) is 9.25. The van der Waals surface area contributed by atoms with Crippen LogP contribution in [0.4, 0.5) is 0 Å². The fourth-order valence-corrected chi connectivity index (χ4v) is 4.91. The van der Waals surface area contributed by atoms with Gasteiger partial charge < -0.3 is 14.6 Å². The minimum absolute atomic E-state index is 0.303. The third-order valence-corrected chi connectivity index (χ3v) is 6.71. The number of benzene rings is 1. The van der Waals surface area contributed by atoms with Crippen LogP contribution in [-0.2, 0) is 6.42 Å². The van der Waals surface area contributed by atoms with Crippen molar-refractivity contribution in [1.29, 1.82) is 0 Å². The molecule has 3 rings (SSSR count). The quantitative estimate of drug-likeness (QED) is 0.392. The van der Waals surface area contributed by atoms with E-state index in [2.05, 4.69) is 52.0 Å². The highest BCUT2D eigenvalue weighted by atomic mass is 16.7. The maximum absolute atomic E-state index is 10.8. The molecule has 1 N–H and O–H groups in total. The molecular weight excluding hydrogens is 396 g/mol. The van der Waals surface area contributed by atoms with E-state index in [1.807, 2.05) is 19.1 Å². The van der Waals surface area contributed by atoms with Gasteiger partial charge in [-0.05, 0) is 57.9 Å². The number of fused-ring (bicyclic) bond motifs is 1. The van der Waals surface area contributed by atoms with Gasteiger partial charge in [-0.2, -0.15) is 0 Å². The molecule has 1 aromatic rings. The Kier molecular flexibility index (Phi) is 11.4. The van der Waals surface area contributed by atoms with Gasteiger partial charge in [0.05, 0.1) is 6.10 Å². The molecule has 1 aliphatic heterocycles. The molecule has 3 nitrogen and oxygen atoms in total. The summed E-state index contributed by atoms with van der Waals surface area (Å²) in [7, 11) is 0. The average molecular weight is 443 g/mol. The largest absolute Gasteiger partial charge is 0.448 e. The van der Waals surface area contributed by atoms with Gasteiger partial charge in [-0.3, -0.25) is 0 Å². The Morgan fingerprint density at radius 1 is 1.03 bits per heavy atom. The van der Waals surface area contributed by atoms with Crippen LogP contribution in [0.15, 0.2) is 42.0 Å². The lowest BCUT2D eigenvalue weighted by Crippen LogP contribution is -2.40. The number of rotatable bonds is 9. The molecule has 0 aromatic heterocycles. The summed E-state index contributed by atoms with van der Waals surface area (Å²) in [5, 5.41) is 10.8. The van der Waals surface area contributed by atoms with Crippen molar-refractivity contribution in [3.05, 3.63) is 47.6 Å². The summed E-state index contributed by atoms with van der Waals surface area (Å²) >= 11 is 0. The van der Waals surface area contributed by atoms with Gasteiger partial charge in [0.25, 0.3) is 5.79 Å². The fraction of sp³-hybridized carbons (Fsp3) is 0.655. The van der Waals surface area contributed by atoms with E-state index in [0.29, 0.717) is 12.3 Å². The third kappa shape index (κ3) is 7.40. The lowest BCUT2D eigenvalue weighted by molar-refractivity contribution is -0.105. The fourth-order valence-electron chi connectivity index (χ4n) is 4.91. The van der Waals surface area contributed by atoms with Crippen LogP contribution >= 0.6 is 0 Å². The summed E-state index contributed by atoms with van der Waals surface area (Å²) in [5.41, 5.74) is 2.51. The van der Waals surface area contributed by atoms with Crippen molar-refractivity contribution in [2.75, 3.05) is 0 Å². The smallest absolute Gasteiger partial charge is 0.251 e. The number of aliphatic hydroxyl groups excluding tert-OH is 1. The zero-order chi connectivity index (χ0) is 23.4. The maximum atomic E-state index is 10.8. The first-order valence-electron chi connectivity index (χ1n) is 13.0. The Morgan fingerprint density at radius 2 is 1.72 bits per heavy atom. The molecule has 0 bridgehead atoms. The van der Waals surface area contributed by atoms with Crippen molar-refractivity contribution in [2.45, 2.75) is 117 Å². The Bertz CT molecular complexity index is 719. The van der Waals surface area contributed by atoms with E-state index in [1.165, 1.54) is 24.8 Å². The number of hydrogen-bond acceptors (Lipinski definition) is 3. The minimum Gasteiger partial charge on any atom is -0.448 e. The van der Waals surface area contributed by atoms with E-state index < -0.39 is 5.79 Å². The van der Waals surface area contributed by atoms with Gasteiger partial charge in [0.2, 0.25) is 0 Å². The van der Waals surface area contributed by atoms with Crippen LogP contribution in [0.2, 0.25) is 0 Å². The zero-order valence-electron chi connectivity index (χ0n) is 21.2. The summed E-state index contributed by atoms with van der Waals surface area (Å²) in [6.45, 7) is 10.7. The molecule has 3 heteroatoms. The second-order valence-electron chi connectivity index (χ2n) is 9.25. The Hall–Kier alpha value is -1.74. The van der Waals surface area contributed by atoms with Gasteiger partial charge in [-0.25, -0.2) is 0 Å². The normalized spacial score (nSPS) is 18.2. The highest BCUT2D eigenvalue weighted by Gasteiger charge is 2.43. The highest BCUT2D eigenvalue weighted by Crippen LogP contribution is 2.47. The Morgan fingerprint density at radius 3 is 2.25 bits per heavy atom. The van der Waals surface area contributed by atoms with Crippen LogP contribution in [-0.4, -0.2) is 17.0 Å². The molecular formula is C29H46O3. The molecule has 1 heterocycles. The predicted molar refractivity (Wildman–Crippen MR) is 135 cm³/mol. The SMILES string of the molecule is C/C=C\C(=C/C)CC.CCCC(CCC)C(O)Cc1cccc2c1OC1(CCCCC1)O2. The number of para-hydroxylation sites is 1. The first-order chi connectivity index (χ1) is 15.5. The zero-order valence-corrected chi connectivity index (χ0v) is 21.2. The number of aliphatic hydroxyl groups is 1. The van der Waals surface area contributed by atoms with Gasteiger partial charge in [-0.15, -0.1) is 0 Å². The molecule has 2 aliphatic rings. The average Bonchev–Trinajstić information content (AvgIpc) is 3.16. The van der Waals surface area contributed by atoms with E-state index in [9.17, 15) is 5.11 Å². The molecule has 1 unspecified atom stereocenters. The molecule has 180 valence electrons. The van der Waals surface area contributed by atoms with E-state index in [1.54, 1.807) is 0 Å². The second kappa shape index (κ2) is 13.7. The van der Waals surface area contributed by atoms with Crippen molar-refractivity contribution >= 4 is 0 Å². The maximum Gasteiger partial charge on any atom is 0.251 e. The number of allylic oxidation sites excluding steroid dienone is 4. The van der Waals surface area contributed by atoms with Crippen molar-refractivity contribution in [3.63, 3.8) is 0 Å². The van der Waals surface area contributed by atoms with E-state index >= 15 is 0 Å². The Labute approximate surface area is 196 Å². The molecule has 0 saturated heterocycles. The van der Waals surface area contributed by atoms with E-state index in [-0.39, 0.29) is 6.10 Å². The van der Waals surface area contributed by atoms with Crippen LogP contribution in [0.3, 0.4) is 0 Å². The van der Waals surface area contributed by atoms with Gasteiger partial charge in [-0.1, -0.05) is 76.0 Å². The molecule has 0 radical (unpaired) electrons. The molecule has 0 amide bonds. The number of hydrogen-bond donors (Lipinski definition) is 1. The summed E-state index contributed by atoms with van der Waals surface area (Å²) in [4.78, 5) is 0. The molecule has 1 spiro atoms. The standard InChI is InChI=1S/C21H32O3.C8H14/c1-3-9-16(10-4-2)18(22)15-17-11-8-12-19-20(17)24-21(23-19)13-6-5-7-14-21;1-4-7-8(5-2)6-3/h8,11-12,16,18,22H,3-7,9-10,13-15H2,1-2H3;4-5,7H,6H2,1-3H3/b;7-4-,8-5-. The van der Waals surface area contributed by atoms with Crippen molar-refractivity contribution in [3.8, 4) is 11.5 Å². The summed E-state index contributed by atoms with van der Waals surface area (Å²) in [6, 6.07) is 6.12. The van der Waals surface area contributed by atoms with Crippen molar-refractivity contribution in [1.82, 2.24) is 0 Å². The Balaban J connectivity index is 0.000000390. The van der Waals surface area contributed by atoms with Crippen molar-refractivity contribution in [2.24, 2.45) is 5.92 Å². The molecule has 1 atom stereocenters. The first-order valence-corrected chi connectivity index (χ1v) is 13.0. The van der Waals surface area contributed by atoms with Gasteiger partial charge in [0.1, 0.15) is 0 Å². The third-order valence-electron chi connectivity index (χ3n) is 6.71. The van der Waals surface area contributed by atoms with Crippen LogP contribution < -0.4 is 9.47 Å². The summed E-state index contributed by atoms with van der Waals surface area (Å²) < 4.78 is 12.5. The lowest BCUT2D eigenvalue weighted by atomic mass is 9.88. The molecule has 1 aromatic carbocycles. The lowest BCUT2D eigenvalue weighted by Gasteiger charge is -2.31. The topological polar surface area (TPSA) is 38.7 Å². The van der Waals surface area contributed by atoms with Gasteiger partial charge in [0, 0.05) is 24.8 Å². The molecule has 1 fully saturated rings. The summed E-state index contributed by atoms with van der Waals surface area (Å²) in [6.07, 6.45) is 17.8. The van der Waals surface area contributed by atoms with Gasteiger partial charge in [0.15, 0.2) is 11.5 Å². The summed E-state index contributed by atoms with van der Waals surface area (Å²) in [5.74, 6) is 1.68.